The van der Waals surface area contributed by atoms with Crippen molar-refractivity contribution in [3.63, 3.8) is 0 Å². The summed E-state index contributed by atoms with van der Waals surface area (Å²) >= 11 is 1.28. The predicted octanol–water partition coefficient (Wildman–Crippen LogP) is 5.73. The third-order valence-electron chi connectivity index (χ3n) is 6.45. The molecule has 1 aromatic heterocycles. The fraction of sp³-hybridized carbons (Fsp3) is 0.0294. The van der Waals surface area contributed by atoms with Gasteiger partial charge < -0.3 is 20.4 Å². The number of carbonyl (C=O) groups excluding carboxylic acids is 3. The van der Waals surface area contributed by atoms with Crippen molar-refractivity contribution in [3.05, 3.63) is 138 Å². The minimum Gasteiger partial charge on any atom is -0.457 e. The monoisotopic (exact) mass is 652 g/mol. The van der Waals surface area contributed by atoms with Crippen LogP contribution in [0.15, 0.2) is 141 Å². The molecule has 5 rings (SSSR count). The van der Waals surface area contributed by atoms with E-state index >= 15 is 0 Å². The number of thioether (sulfide) groups is 1. The molecule has 0 spiro atoms. The van der Waals surface area contributed by atoms with Gasteiger partial charge in [0, 0.05) is 33.5 Å². The van der Waals surface area contributed by atoms with E-state index < -0.39 is 21.8 Å². The molecule has 0 fully saturated rings. The fourth-order valence-electron chi connectivity index (χ4n) is 4.18. The Morgan fingerprint density at radius 2 is 1.35 bits per heavy atom. The number of rotatable bonds is 11. The summed E-state index contributed by atoms with van der Waals surface area (Å²) in [6.45, 7) is 0. The third-order valence-corrected chi connectivity index (χ3v) is 8.39. The Morgan fingerprint density at radius 3 is 2.00 bits per heavy atom. The molecule has 0 saturated carbocycles. The zero-order chi connectivity index (χ0) is 32.5. The molecular weight excluding hydrogens is 625 g/mol. The Hall–Kier alpha value is -5.43. The van der Waals surface area contributed by atoms with Crippen molar-refractivity contribution in [2.24, 2.45) is 5.14 Å². The van der Waals surface area contributed by atoms with Gasteiger partial charge in [-0.3, -0.25) is 14.4 Å². The lowest BCUT2D eigenvalue weighted by Crippen LogP contribution is -2.30. The Labute approximate surface area is 269 Å². The van der Waals surface area contributed by atoms with Crippen molar-refractivity contribution < 1.29 is 27.2 Å². The second kappa shape index (κ2) is 14.6. The highest BCUT2D eigenvalue weighted by molar-refractivity contribution is 8.00. The van der Waals surface area contributed by atoms with Crippen LogP contribution in [0, 0.1) is 0 Å². The zero-order valence-corrected chi connectivity index (χ0v) is 25.8. The highest BCUT2D eigenvalue weighted by Crippen LogP contribution is 2.24. The van der Waals surface area contributed by atoms with Crippen molar-refractivity contribution in [2.75, 3.05) is 16.4 Å². The molecule has 232 valence electrons. The zero-order valence-electron chi connectivity index (χ0n) is 24.2. The van der Waals surface area contributed by atoms with Gasteiger partial charge in [0.25, 0.3) is 11.8 Å². The van der Waals surface area contributed by atoms with Crippen LogP contribution in [-0.4, -0.2) is 31.9 Å². The van der Waals surface area contributed by atoms with Crippen molar-refractivity contribution >= 4 is 57.0 Å². The summed E-state index contributed by atoms with van der Waals surface area (Å²) < 4.78 is 28.7. The van der Waals surface area contributed by atoms with E-state index in [0.29, 0.717) is 28.5 Å². The highest BCUT2D eigenvalue weighted by atomic mass is 32.2. The van der Waals surface area contributed by atoms with E-state index in [4.69, 9.17) is 9.56 Å². The molecule has 10 nitrogen and oxygen atoms in total. The fourth-order valence-corrected chi connectivity index (χ4v) is 5.39. The Morgan fingerprint density at radius 1 is 0.739 bits per heavy atom. The summed E-state index contributed by atoms with van der Waals surface area (Å²) in [7, 11) is -3.82. The molecular formula is C34H28N4O6S2. The maximum absolute atomic E-state index is 13.4. The van der Waals surface area contributed by atoms with E-state index in [1.165, 1.54) is 42.1 Å². The van der Waals surface area contributed by atoms with Gasteiger partial charge in [0.2, 0.25) is 15.9 Å². The van der Waals surface area contributed by atoms with Crippen LogP contribution in [0.4, 0.5) is 11.4 Å². The van der Waals surface area contributed by atoms with Crippen LogP contribution in [0.1, 0.15) is 16.1 Å². The number of primary sulfonamides is 1. The Bertz CT molecular complexity index is 1980. The topological polar surface area (TPSA) is 161 Å². The first-order chi connectivity index (χ1) is 22.1. The first-order valence-corrected chi connectivity index (χ1v) is 16.4. The molecule has 0 radical (unpaired) electrons. The van der Waals surface area contributed by atoms with E-state index in [2.05, 4.69) is 16.0 Å². The summed E-state index contributed by atoms with van der Waals surface area (Å²) in [5.41, 5.74) is 2.14. The molecule has 0 bridgehead atoms. The number of benzene rings is 4. The number of hydrogen-bond acceptors (Lipinski definition) is 7. The van der Waals surface area contributed by atoms with Crippen LogP contribution < -0.4 is 21.1 Å². The Balaban J connectivity index is 1.23. The Kier molecular flexibility index (Phi) is 10.1. The van der Waals surface area contributed by atoms with Crippen LogP contribution in [-0.2, 0) is 19.6 Å². The number of furan rings is 1. The summed E-state index contributed by atoms with van der Waals surface area (Å²) in [5.74, 6) is -0.222. The molecule has 3 amide bonds. The standard InChI is InChI=1S/C34H28N4O6S2/c35-46(42,43)29-18-13-25(14-19-29)36-32(39)22-45-28-16-11-26(12-17-28)37-34(41)30(38-33(40)24-9-5-2-6-10-24)21-27-15-20-31(44-27)23-7-3-1-4-8-23/h1-21H,22H2,(H,36,39)(H,37,41)(H,38,40)(H2,35,42,43)/b30-21+. The smallest absolute Gasteiger partial charge is 0.272 e. The summed E-state index contributed by atoms with van der Waals surface area (Å²) in [6.07, 6.45) is 1.47. The lowest BCUT2D eigenvalue weighted by molar-refractivity contribution is -0.114. The van der Waals surface area contributed by atoms with E-state index in [9.17, 15) is 22.8 Å². The maximum Gasteiger partial charge on any atom is 0.272 e. The molecule has 0 unspecified atom stereocenters. The number of nitrogens with two attached hydrogens (primary N) is 1. The van der Waals surface area contributed by atoms with Crippen molar-refractivity contribution in [1.29, 1.82) is 0 Å². The normalized spacial score (nSPS) is 11.5. The number of anilines is 2. The van der Waals surface area contributed by atoms with Gasteiger partial charge in [-0.25, -0.2) is 13.6 Å². The van der Waals surface area contributed by atoms with Crippen molar-refractivity contribution in [1.82, 2.24) is 5.32 Å². The lowest BCUT2D eigenvalue weighted by Gasteiger charge is -2.11. The van der Waals surface area contributed by atoms with Gasteiger partial charge >= 0.3 is 0 Å². The van der Waals surface area contributed by atoms with Crippen molar-refractivity contribution in [3.8, 4) is 11.3 Å². The van der Waals surface area contributed by atoms with Gasteiger partial charge in [-0.15, -0.1) is 11.8 Å². The second-order valence-electron chi connectivity index (χ2n) is 9.83. The van der Waals surface area contributed by atoms with Crippen LogP contribution in [0.25, 0.3) is 17.4 Å². The summed E-state index contributed by atoms with van der Waals surface area (Å²) in [6, 6.07) is 34.0. The molecule has 4 aromatic carbocycles. The quantitative estimate of drug-likeness (QED) is 0.105. The van der Waals surface area contributed by atoms with Crippen molar-refractivity contribution in [2.45, 2.75) is 9.79 Å². The van der Waals surface area contributed by atoms with Crippen LogP contribution in [0.2, 0.25) is 0 Å². The predicted molar refractivity (Wildman–Crippen MR) is 178 cm³/mol. The van der Waals surface area contributed by atoms with Crippen LogP contribution in [0.5, 0.6) is 0 Å². The molecule has 0 aliphatic carbocycles. The molecule has 0 aliphatic heterocycles. The maximum atomic E-state index is 13.4. The first kappa shape index (κ1) is 32.0. The van der Waals surface area contributed by atoms with Gasteiger partial charge in [0.05, 0.1) is 10.6 Å². The van der Waals surface area contributed by atoms with E-state index in [1.54, 1.807) is 66.7 Å². The third kappa shape index (κ3) is 8.82. The molecule has 5 aromatic rings. The highest BCUT2D eigenvalue weighted by Gasteiger charge is 2.17. The molecule has 12 heteroatoms. The van der Waals surface area contributed by atoms with Crippen LogP contribution >= 0.6 is 11.8 Å². The summed E-state index contributed by atoms with van der Waals surface area (Å²) in [5, 5.41) is 13.3. The van der Waals surface area contributed by atoms with E-state index in [0.717, 1.165) is 10.5 Å². The molecule has 0 saturated heterocycles. The van der Waals surface area contributed by atoms with Gasteiger partial charge in [-0.05, 0) is 72.8 Å². The SMILES string of the molecule is NS(=O)(=O)c1ccc(NC(=O)CSc2ccc(NC(=O)/C(=C\c3ccc(-c4ccccc4)o3)NC(=O)c3ccccc3)cc2)cc1. The molecule has 46 heavy (non-hydrogen) atoms. The van der Waals surface area contributed by atoms with E-state index in [-0.39, 0.29) is 22.3 Å². The molecule has 5 N–H and O–H groups in total. The molecule has 1 heterocycles. The molecule has 0 atom stereocenters. The van der Waals surface area contributed by atoms with Crippen LogP contribution in [0.3, 0.4) is 0 Å². The van der Waals surface area contributed by atoms with Gasteiger partial charge in [0.15, 0.2) is 0 Å². The second-order valence-corrected chi connectivity index (χ2v) is 12.4. The largest absolute Gasteiger partial charge is 0.457 e. The summed E-state index contributed by atoms with van der Waals surface area (Å²) in [4.78, 5) is 39.4. The first-order valence-electron chi connectivity index (χ1n) is 13.8. The number of amides is 3. The lowest BCUT2D eigenvalue weighted by atomic mass is 10.2. The van der Waals surface area contributed by atoms with E-state index in [1.807, 2.05) is 30.3 Å². The minimum absolute atomic E-state index is 0.0185. The number of hydrogen-bond donors (Lipinski definition) is 4. The van der Waals surface area contributed by atoms with Gasteiger partial charge in [-0.2, -0.15) is 0 Å². The van der Waals surface area contributed by atoms with Gasteiger partial charge in [0.1, 0.15) is 17.2 Å². The number of carbonyl (C=O) groups is 3. The minimum atomic E-state index is -3.82. The average molecular weight is 653 g/mol. The molecule has 0 aliphatic rings. The number of nitrogens with one attached hydrogen (secondary N) is 3. The average Bonchev–Trinajstić information content (AvgIpc) is 3.53. The number of sulfonamides is 1. The van der Waals surface area contributed by atoms with Gasteiger partial charge in [-0.1, -0.05) is 48.5 Å².